The van der Waals surface area contributed by atoms with E-state index in [0.29, 0.717) is 18.1 Å². The van der Waals surface area contributed by atoms with Gasteiger partial charge in [0.25, 0.3) is 0 Å². The van der Waals surface area contributed by atoms with Gasteiger partial charge in [0.2, 0.25) is 5.91 Å². The quantitative estimate of drug-likeness (QED) is 0.880. The van der Waals surface area contributed by atoms with E-state index < -0.39 is 0 Å². The second-order valence-corrected chi connectivity index (χ2v) is 5.13. The summed E-state index contributed by atoms with van der Waals surface area (Å²) < 4.78 is 5.15. The summed E-state index contributed by atoms with van der Waals surface area (Å²) in [4.78, 5) is 19.4. The van der Waals surface area contributed by atoms with Crippen LogP contribution in [0, 0.1) is 0 Å². The predicted molar refractivity (Wildman–Crippen MR) is 70.6 cm³/mol. The van der Waals surface area contributed by atoms with Crippen LogP contribution in [-0.2, 0) is 11.2 Å². The molecule has 0 aliphatic carbocycles. The molecule has 1 atom stereocenters. The number of anilines is 1. The van der Waals surface area contributed by atoms with Crippen LogP contribution >= 0.6 is 15.9 Å². The summed E-state index contributed by atoms with van der Waals surface area (Å²) in [5.41, 5.74) is 0.974. The van der Waals surface area contributed by atoms with E-state index in [1.807, 2.05) is 6.07 Å². The van der Waals surface area contributed by atoms with Gasteiger partial charge in [-0.15, -0.1) is 0 Å². The van der Waals surface area contributed by atoms with E-state index in [1.165, 1.54) is 6.26 Å². The van der Waals surface area contributed by atoms with Gasteiger partial charge in [0.1, 0.15) is 12.1 Å². The van der Waals surface area contributed by atoms with E-state index in [9.17, 15) is 4.79 Å². The molecule has 94 valence electrons. The number of pyridine rings is 1. The minimum atomic E-state index is -0.244. The van der Waals surface area contributed by atoms with Gasteiger partial charge in [0.15, 0.2) is 5.89 Å². The molecule has 5 nitrogen and oxygen atoms in total. The fraction of sp³-hybridized carbons (Fsp3) is 0.250. The monoisotopic (exact) mass is 309 g/mol. The van der Waals surface area contributed by atoms with Crippen LogP contribution in [0.1, 0.15) is 18.4 Å². The molecule has 2 heterocycles. The summed E-state index contributed by atoms with van der Waals surface area (Å²) in [6.07, 6.45) is 5.42. The number of oxazole rings is 1. The molecular formula is C12H12BrN3O2. The maximum absolute atomic E-state index is 11.4. The molecule has 0 fully saturated rings. The summed E-state index contributed by atoms with van der Waals surface area (Å²) in [6.45, 7) is 1.76. The van der Waals surface area contributed by atoms with Gasteiger partial charge in [-0.05, 0) is 18.6 Å². The average Bonchev–Trinajstić information content (AvgIpc) is 2.84. The van der Waals surface area contributed by atoms with Crippen LogP contribution in [0.15, 0.2) is 35.2 Å². The molecule has 1 N–H and O–H groups in total. The van der Waals surface area contributed by atoms with E-state index in [-0.39, 0.29) is 10.7 Å². The number of carbonyl (C=O) groups excluding carboxylic acids is 1. The lowest BCUT2D eigenvalue weighted by atomic mass is 10.2. The molecule has 18 heavy (non-hydrogen) atoms. The van der Waals surface area contributed by atoms with Crippen LogP contribution in [-0.4, -0.2) is 20.7 Å². The molecule has 0 saturated heterocycles. The Balaban J connectivity index is 1.99. The molecule has 1 unspecified atom stereocenters. The number of nitrogens with zero attached hydrogens (tertiary/aromatic N) is 2. The maximum atomic E-state index is 11.4. The van der Waals surface area contributed by atoms with Gasteiger partial charge in [-0.1, -0.05) is 22.0 Å². The molecule has 6 heteroatoms. The topological polar surface area (TPSA) is 68.0 Å². The maximum Gasteiger partial charge on any atom is 0.239 e. The number of nitrogens with one attached hydrogen (secondary N) is 1. The Morgan fingerprint density at radius 3 is 2.89 bits per heavy atom. The standard InChI is InChI=1S/C12H12BrN3O2/c1-8(13)12(17)16-10-3-2-9(7-15-10)6-11-14-4-5-18-11/h2-5,7-8H,6H2,1H3,(H,15,16,17). The first-order valence-electron chi connectivity index (χ1n) is 5.43. The minimum Gasteiger partial charge on any atom is -0.449 e. The Labute approximate surface area is 113 Å². The van der Waals surface area contributed by atoms with Crippen LogP contribution in [0.2, 0.25) is 0 Å². The van der Waals surface area contributed by atoms with Crippen LogP contribution in [0.4, 0.5) is 5.82 Å². The van der Waals surface area contributed by atoms with Crippen molar-refractivity contribution in [3.8, 4) is 0 Å². The van der Waals surface area contributed by atoms with Crippen molar-refractivity contribution >= 4 is 27.7 Å². The molecule has 0 aliphatic rings. The largest absolute Gasteiger partial charge is 0.449 e. The SMILES string of the molecule is CC(Br)C(=O)Nc1ccc(Cc2ncco2)cn1. The zero-order chi connectivity index (χ0) is 13.0. The number of alkyl halides is 1. The van der Waals surface area contributed by atoms with Gasteiger partial charge in [0, 0.05) is 6.20 Å². The first-order valence-corrected chi connectivity index (χ1v) is 6.35. The molecule has 2 aromatic heterocycles. The van der Waals surface area contributed by atoms with Gasteiger partial charge in [0.05, 0.1) is 17.4 Å². The Kier molecular flexibility index (Phi) is 4.09. The summed E-state index contributed by atoms with van der Waals surface area (Å²) in [6, 6.07) is 3.64. The summed E-state index contributed by atoms with van der Waals surface area (Å²) >= 11 is 3.19. The van der Waals surface area contributed by atoms with Gasteiger partial charge in [-0.2, -0.15) is 0 Å². The average molecular weight is 310 g/mol. The number of halogens is 1. The Hall–Kier alpha value is -1.69. The van der Waals surface area contributed by atoms with E-state index in [2.05, 4.69) is 31.2 Å². The van der Waals surface area contributed by atoms with Gasteiger partial charge >= 0.3 is 0 Å². The number of hydrogen-bond donors (Lipinski definition) is 1. The van der Waals surface area contributed by atoms with Crippen LogP contribution in [0.5, 0.6) is 0 Å². The number of rotatable bonds is 4. The first kappa shape index (κ1) is 12.8. The van der Waals surface area contributed by atoms with Crippen molar-refractivity contribution in [3.63, 3.8) is 0 Å². The Morgan fingerprint density at radius 1 is 1.50 bits per heavy atom. The predicted octanol–water partition coefficient (Wildman–Crippen LogP) is 2.38. The third-order valence-corrected chi connectivity index (χ3v) is 2.69. The highest BCUT2D eigenvalue weighted by molar-refractivity contribution is 9.10. The van der Waals surface area contributed by atoms with E-state index in [4.69, 9.17) is 4.42 Å². The lowest BCUT2D eigenvalue weighted by Crippen LogP contribution is -2.20. The summed E-state index contributed by atoms with van der Waals surface area (Å²) in [5, 5.41) is 2.69. The molecule has 0 spiro atoms. The molecular weight excluding hydrogens is 298 g/mol. The first-order chi connectivity index (χ1) is 8.65. The third-order valence-electron chi connectivity index (χ3n) is 2.28. The second-order valence-electron chi connectivity index (χ2n) is 3.76. The molecule has 2 rings (SSSR count). The van der Waals surface area contributed by atoms with E-state index in [0.717, 1.165) is 5.56 Å². The third kappa shape index (κ3) is 3.40. The molecule has 2 aromatic rings. The van der Waals surface area contributed by atoms with Crippen molar-refractivity contribution in [2.75, 3.05) is 5.32 Å². The number of amides is 1. The van der Waals surface area contributed by atoms with E-state index in [1.54, 1.807) is 25.4 Å². The van der Waals surface area contributed by atoms with Gasteiger partial charge in [-0.25, -0.2) is 9.97 Å². The highest BCUT2D eigenvalue weighted by atomic mass is 79.9. The molecule has 0 radical (unpaired) electrons. The van der Waals surface area contributed by atoms with Crippen molar-refractivity contribution in [2.24, 2.45) is 0 Å². The fourth-order valence-corrected chi connectivity index (χ4v) is 1.46. The normalized spacial score (nSPS) is 12.1. The van der Waals surface area contributed by atoms with Crippen molar-refractivity contribution in [2.45, 2.75) is 18.2 Å². The van der Waals surface area contributed by atoms with Gasteiger partial charge < -0.3 is 9.73 Å². The summed E-state index contributed by atoms with van der Waals surface area (Å²) in [7, 11) is 0. The Morgan fingerprint density at radius 2 is 2.33 bits per heavy atom. The van der Waals surface area contributed by atoms with E-state index >= 15 is 0 Å². The highest BCUT2D eigenvalue weighted by Gasteiger charge is 2.09. The molecule has 0 aliphatic heterocycles. The number of aromatic nitrogens is 2. The van der Waals surface area contributed by atoms with Gasteiger partial charge in [-0.3, -0.25) is 4.79 Å². The number of carbonyl (C=O) groups is 1. The number of hydrogen-bond acceptors (Lipinski definition) is 4. The van der Waals surface area contributed by atoms with Crippen LogP contribution in [0.3, 0.4) is 0 Å². The van der Waals surface area contributed by atoms with Crippen molar-refractivity contribution in [1.82, 2.24) is 9.97 Å². The van der Waals surface area contributed by atoms with Crippen molar-refractivity contribution in [1.29, 1.82) is 0 Å². The lowest BCUT2D eigenvalue weighted by Gasteiger charge is -2.06. The highest BCUT2D eigenvalue weighted by Crippen LogP contribution is 2.10. The Bertz CT molecular complexity index is 509. The lowest BCUT2D eigenvalue weighted by molar-refractivity contribution is -0.115. The van der Waals surface area contributed by atoms with Crippen LogP contribution < -0.4 is 5.32 Å². The minimum absolute atomic E-state index is 0.122. The van der Waals surface area contributed by atoms with Crippen LogP contribution in [0.25, 0.3) is 0 Å². The zero-order valence-electron chi connectivity index (χ0n) is 9.76. The second kappa shape index (κ2) is 5.77. The van der Waals surface area contributed by atoms with Crippen molar-refractivity contribution in [3.05, 3.63) is 42.2 Å². The zero-order valence-corrected chi connectivity index (χ0v) is 11.3. The smallest absolute Gasteiger partial charge is 0.239 e. The van der Waals surface area contributed by atoms with Crippen molar-refractivity contribution < 1.29 is 9.21 Å². The molecule has 1 amide bonds. The molecule has 0 saturated carbocycles. The summed E-state index contributed by atoms with van der Waals surface area (Å²) in [5.74, 6) is 1.05. The molecule has 0 bridgehead atoms. The molecule has 0 aromatic carbocycles. The fourth-order valence-electron chi connectivity index (χ4n) is 1.34.